The maximum Gasteiger partial charge on any atom is 0.0759 e. The molecular formula is C9H14O. The van der Waals surface area contributed by atoms with E-state index in [0.717, 1.165) is 5.92 Å². The fourth-order valence-electron chi connectivity index (χ4n) is 3.03. The van der Waals surface area contributed by atoms with Crippen LogP contribution in [0.1, 0.15) is 33.1 Å². The van der Waals surface area contributed by atoms with E-state index in [1.54, 1.807) is 0 Å². The van der Waals surface area contributed by atoms with Crippen LogP contribution < -0.4 is 0 Å². The molecule has 2 unspecified atom stereocenters. The van der Waals surface area contributed by atoms with Crippen LogP contribution in [0.25, 0.3) is 0 Å². The van der Waals surface area contributed by atoms with E-state index in [1.807, 2.05) is 0 Å². The zero-order valence-electron chi connectivity index (χ0n) is 6.68. The van der Waals surface area contributed by atoms with E-state index in [2.05, 4.69) is 13.8 Å². The lowest BCUT2D eigenvalue weighted by atomic mass is 9.92. The predicted molar refractivity (Wildman–Crippen MR) is 38.7 cm³/mol. The minimum atomic E-state index is 0.435. The average Bonchev–Trinajstić information content (AvgIpc) is 2.48. The third-order valence-corrected chi connectivity index (χ3v) is 3.91. The van der Waals surface area contributed by atoms with Gasteiger partial charge in [0.25, 0.3) is 0 Å². The number of ether oxygens (including phenoxy) is 1. The van der Waals surface area contributed by atoms with Crippen LogP contribution in [0.3, 0.4) is 0 Å². The molecule has 56 valence electrons. The highest BCUT2D eigenvalue weighted by molar-refractivity contribution is 5.37. The highest BCUT2D eigenvalue weighted by Gasteiger charge is 2.87. The Balaban J connectivity index is 1.92. The summed E-state index contributed by atoms with van der Waals surface area (Å²) in [6.07, 6.45) is 4.59. The average molecular weight is 138 g/mol. The van der Waals surface area contributed by atoms with Crippen molar-refractivity contribution in [2.45, 2.75) is 44.8 Å². The van der Waals surface area contributed by atoms with Crippen LogP contribution >= 0.6 is 0 Å². The largest absolute Gasteiger partial charge is 0.371 e. The lowest BCUT2D eigenvalue weighted by molar-refractivity contribution is -0.0171. The van der Waals surface area contributed by atoms with Crippen molar-refractivity contribution >= 4 is 0 Å². The molecule has 1 heteroatoms. The third-order valence-electron chi connectivity index (χ3n) is 3.91. The van der Waals surface area contributed by atoms with Gasteiger partial charge in [0.2, 0.25) is 0 Å². The predicted octanol–water partition coefficient (Wildman–Crippen LogP) is 1.96. The van der Waals surface area contributed by atoms with Crippen molar-refractivity contribution in [2.75, 3.05) is 0 Å². The van der Waals surface area contributed by atoms with Gasteiger partial charge in [-0.1, -0.05) is 6.92 Å². The Labute approximate surface area is 61.8 Å². The zero-order chi connectivity index (χ0) is 6.98. The molecule has 2 saturated carbocycles. The Morgan fingerprint density at radius 1 is 1.30 bits per heavy atom. The van der Waals surface area contributed by atoms with Crippen molar-refractivity contribution in [2.24, 2.45) is 11.3 Å². The molecule has 1 saturated heterocycles. The van der Waals surface area contributed by atoms with Crippen LogP contribution in [0.2, 0.25) is 0 Å². The van der Waals surface area contributed by atoms with E-state index in [4.69, 9.17) is 4.74 Å². The van der Waals surface area contributed by atoms with Gasteiger partial charge in [0, 0.05) is 5.41 Å². The maximum atomic E-state index is 5.88. The van der Waals surface area contributed by atoms with Gasteiger partial charge in [-0.15, -0.1) is 0 Å². The van der Waals surface area contributed by atoms with Crippen LogP contribution in [0.5, 0.6) is 0 Å². The van der Waals surface area contributed by atoms with E-state index in [-0.39, 0.29) is 0 Å². The molecule has 0 radical (unpaired) electrons. The SMILES string of the molecule is CC1CC(C)C23CC2(C3)O1. The second-order valence-corrected chi connectivity index (χ2v) is 4.57. The summed E-state index contributed by atoms with van der Waals surface area (Å²) in [7, 11) is 0. The monoisotopic (exact) mass is 138 g/mol. The van der Waals surface area contributed by atoms with E-state index in [9.17, 15) is 0 Å². The van der Waals surface area contributed by atoms with Gasteiger partial charge in [-0.3, -0.25) is 0 Å². The quantitative estimate of drug-likeness (QED) is 0.497. The van der Waals surface area contributed by atoms with Gasteiger partial charge < -0.3 is 4.74 Å². The van der Waals surface area contributed by atoms with E-state index in [1.165, 1.54) is 19.3 Å². The molecule has 1 heterocycles. The lowest BCUT2D eigenvalue weighted by Crippen LogP contribution is -2.22. The van der Waals surface area contributed by atoms with E-state index >= 15 is 0 Å². The van der Waals surface area contributed by atoms with E-state index < -0.39 is 0 Å². The standard InChI is InChI=1S/C9H14O/c1-6-3-7(2)10-9-4-8(6,9)5-9/h6-7H,3-5H2,1-2H3. The molecular weight excluding hydrogens is 124 g/mol. The van der Waals surface area contributed by atoms with Gasteiger partial charge >= 0.3 is 0 Å². The summed E-state index contributed by atoms with van der Waals surface area (Å²) in [5.74, 6) is 0.941. The first-order valence-electron chi connectivity index (χ1n) is 4.36. The molecule has 3 aliphatic rings. The van der Waals surface area contributed by atoms with Gasteiger partial charge in [-0.05, 0) is 32.1 Å². The fourth-order valence-corrected chi connectivity index (χ4v) is 3.03. The van der Waals surface area contributed by atoms with Crippen molar-refractivity contribution in [3.05, 3.63) is 0 Å². The molecule has 1 nitrogen and oxygen atoms in total. The molecule has 0 N–H and O–H groups in total. The summed E-state index contributed by atoms with van der Waals surface area (Å²) < 4.78 is 5.88. The second kappa shape index (κ2) is 1.18. The molecule has 2 aliphatic carbocycles. The summed E-state index contributed by atoms with van der Waals surface area (Å²) in [4.78, 5) is 0. The lowest BCUT2D eigenvalue weighted by Gasteiger charge is -2.22. The van der Waals surface area contributed by atoms with Crippen molar-refractivity contribution < 1.29 is 4.74 Å². The fraction of sp³-hybridized carbons (Fsp3) is 1.00. The normalized spacial score (nSPS) is 70.2. The molecule has 0 aromatic heterocycles. The van der Waals surface area contributed by atoms with Crippen LogP contribution in [-0.2, 0) is 4.74 Å². The molecule has 1 aliphatic heterocycles. The minimum Gasteiger partial charge on any atom is -0.371 e. The number of rotatable bonds is 0. The minimum absolute atomic E-state index is 0.435. The summed E-state index contributed by atoms with van der Waals surface area (Å²) in [6, 6.07) is 0. The van der Waals surface area contributed by atoms with Gasteiger partial charge in [-0.25, -0.2) is 0 Å². The Hall–Kier alpha value is -0.0400. The zero-order valence-corrected chi connectivity index (χ0v) is 6.68. The molecule has 0 amide bonds. The van der Waals surface area contributed by atoms with Crippen LogP contribution in [0.15, 0.2) is 0 Å². The first-order chi connectivity index (χ1) is 4.69. The molecule has 3 rings (SSSR count). The molecule has 0 aromatic rings. The molecule has 0 spiro atoms. The first-order valence-corrected chi connectivity index (χ1v) is 4.36. The summed E-state index contributed by atoms with van der Waals surface area (Å²) in [5, 5.41) is 0. The van der Waals surface area contributed by atoms with Gasteiger partial charge in [0.05, 0.1) is 11.7 Å². The molecule has 2 atom stereocenters. The second-order valence-electron chi connectivity index (χ2n) is 4.57. The number of hydrogen-bond donors (Lipinski definition) is 0. The van der Waals surface area contributed by atoms with Crippen LogP contribution in [0, 0.1) is 11.3 Å². The highest BCUT2D eigenvalue weighted by atomic mass is 16.5. The van der Waals surface area contributed by atoms with Crippen molar-refractivity contribution in [3.63, 3.8) is 0 Å². The first kappa shape index (κ1) is 5.59. The van der Waals surface area contributed by atoms with Gasteiger partial charge in [0.15, 0.2) is 0 Å². The smallest absolute Gasteiger partial charge is 0.0759 e. The van der Waals surface area contributed by atoms with Crippen LogP contribution in [0.4, 0.5) is 0 Å². The topological polar surface area (TPSA) is 9.23 Å². The van der Waals surface area contributed by atoms with Gasteiger partial charge in [-0.2, -0.15) is 0 Å². The highest BCUT2D eigenvalue weighted by Crippen LogP contribution is 2.86. The summed E-state index contributed by atoms with van der Waals surface area (Å²) >= 11 is 0. The van der Waals surface area contributed by atoms with Crippen LogP contribution in [-0.4, -0.2) is 11.7 Å². The Bertz CT molecular complexity index is 191. The summed E-state index contributed by atoms with van der Waals surface area (Å²) in [6.45, 7) is 4.61. The summed E-state index contributed by atoms with van der Waals surface area (Å²) in [5.41, 5.74) is 1.14. The van der Waals surface area contributed by atoms with Crippen molar-refractivity contribution in [1.29, 1.82) is 0 Å². The van der Waals surface area contributed by atoms with Crippen molar-refractivity contribution in [1.82, 2.24) is 0 Å². The Kier molecular flexibility index (Phi) is 0.658. The van der Waals surface area contributed by atoms with Gasteiger partial charge in [0.1, 0.15) is 0 Å². The molecule has 0 aromatic carbocycles. The molecule has 3 fully saturated rings. The molecule has 10 heavy (non-hydrogen) atoms. The third kappa shape index (κ3) is 0.378. The molecule has 0 bridgehead atoms. The Morgan fingerprint density at radius 2 is 2.00 bits per heavy atom. The number of hydrogen-bond acceptors (Lipinski definition) is 1. The van der Waals surface area contributed by atoms with Crippen molar-refractivity contribution in [3.8, 4) is 0 Å². The maximum absolute atomic E-state index is 5.88. The van der Waals surface area contributed by atoms with E-state index in [0.29, 0.717) is 17.1 Å². The Morgan fingerprint density at radius 3 is 2.60 bits per heavy atom.